The first-order valence-electron chi connectivity index (χ1n) is 10.3. The van der Waals surface area contributed by atoms with Crippen molar-refractivity contribution < 1.29 is 22.7 Å². The number of hydrogen-bond acceptors (Lipinski definition) is 3. The molecule has 1 aromatic carbocycles. The molecule has 0 N–H and O–H groups in total. The van der Waals surface area contributed by atoms with Crippen LogP contribution in [0.1, 0.15) is 37.1 Å². The van der Waals surface area contributed by atoms with E-state index >= 15 is 0 Å². The molecule has 1 amide bonds. The highest BCUT2D eigenvalue weighted by molar-refractivity contribution is 7.59. The topological polar surface area (TPSA) is 51.5 Å². The van der Waals surface area contributed by atoms with Crippen LogP contribution in [-0.4, -0.2) is 42.0 Å². The number of nitrogens with zero attached hydrogens (tertiary/aromatic N) is 2. The third-order valence-electron chi connectivity index (χ3n) is 4.75. The van der Waals surface area contributed by atoms with E-state index in [2.05, 4.69) is 11.8 Å². The van der Waals surface area contributed by atoms with E-state index in [1.165, 1.54) is 27.7 Å². The molecule has 0 bridgehead atoms. The zero-order chi connectivity index (χ0) is 24.1. The lowest BCUT2D eigenvalue weighted by molar-refractivity contribution is -0.130. The molecule has 9 heteroatoms. The number of aryl methyl sites for hydroxylation is 1. The number of pyridine rings is 1. The summed E-state index contributed by atoms with van der Waals surface area (Å²) < 4.78 is 46.8. The van der Waals surface area contributed by atoms with Crippen molar-refractivity contribution in [2.24, 2.45) is 5.92 Å². The molecular weight excluding hydrogens is 453 g/mol. The predicted molar refractivity (Wildman–Crippen MR) is 127 cm³/mol. The third kappa shape index (κ3) is 7.60. The molecule has 1 fully saturated rings. The summed E-state index contributed by atoms with van der Waals surface area (Å²) in [5, 5.41) is 0. The third-order valence-corrected chi connectivity index (χ3v) is 4.75. The molecular formula is C24H29F3N2O3S. The first-order valence-corrected chi connectivity index (χ1v) is 10.3. The van der Waals surface area contributed by atoms with Crippen LogP contribution in [0.15, 0.2) is 35.1 Å². The molecule has 1 saturated carbocycles. The number of carbonyl (C=O) groups excluding carboxylic acids is 1. The second-order valence-electron chi connectivity index (χ2n) is 7.43. The van der Waals surface area contributed by atoms with Crippen LogP contribution in [0, 0.1) is 30.5 Å². The summed E-state index contributed by atoms with van der Waals surface area (Å²) in [5.41, 5.74) is 0.786. The zero-order valence-electron chi connectivity index (χ0n) is 19.3. The number of benzene rings is 1. The average molecular weight is 483 g/mol. The second kappa shape index (κ2) is 11.8. The van der Waals surface area contributed by atoms with Crippen molar-refractivity contribution >= 4 is 19.4 Å². The van der Waals surface area contributed by atoms with E-state index in [0.29, 0.717) is 11.3 Å². The molecule has 1 heterocycles. The Morgan fingerprint density at radius 2 is 1.88 bits per heavy atom. The summed E-state index contributed by atoms with van der Waals surface area (Å²) in [6, 6.07) is 7.15. The number of hydrogen-bond donors (Lipinski definition) is 0. The maximum Gasteiger partial charge on any atom is 0.263 e. The number of aromatic nitrogens is 1. The van der Waals surface area contributed by atoms with Crippen molar-refractivity contribution in [1.29, 1.82) is 0 Å². The molecule has 1 unspecified atom stereocenters. The lowest BCUT2D eigenvalue weighted by Gasteiger charge is -2.14. The quantitative estimate of drug-likeness (QED) is 0.607. The van der Waals surface area contributed by atoms with Gasteiger partial charge in [-0.05, 0) is 30.7 Å². The van der Waals surface area contributed by atoms with Gasteiger partial charge in [0.2, 0.25) is 0 Å². The lowest BCUT2D eigenvalue weighted by atomic mass is 10.1. The zero-order valence-corrected chi connectivity index (χ0v) is 20.3. The molecule has 0 spiro atoms. The van der Waals surface area contributed by atoms with E-state index in [1.54, 1.807) is 33.2 Å². The minimum absolute atomic E-state index is 0. The van der Waals surface area contributed by atoms with Gasteiger partial charge in [-0.1, -0.05) is 31.8 Å². The summed E-state index contributed by atoms with van der Waals surface area (Å²) >= 11 is 0. The van der Waals surface area contributed by atoms with Crippen LogP contribution in [0.5, 0.6) is 5.75 Å². The highest BCUT2D eigenvalue weighted by Crippen LogP contribution is 2.48. The maximum absolute atomic E-state index is 14.3. The number of amides is 1. The number of halogens is 3. The van der Waals surface area contributed by atoms with E-state index in [9.17, 15) is 22.8 Å². The number of rotatable bonds is 5. The van der Waals surface area contributed by atoms with E-state index in [1.807, 2.05) is 13.8 Å². The van der Waals surface area contributed by atoms with Crippen LogP contribution < -0.4 is 10.3 Å². The number of carbonyl (C=O) groups is 1. The van der Waals surface area contributed by atoms with E-state index in [0.717, 1.165) is 0 Å². The summed E-state index contributed by atoms with van der Waals surface area (Å²) in [6.45, 7) is 5.64. The van der Waals surface area contributed by atoms with Gasteiger partial charge < -0.3 is 14.2 Å². The number of alkyl halides is 2. The molecule has 0 aliphatic heterocycles. The van der Waals surface area contributed by atoms with Crippen molar-refractivity contribution in [3.63, 3.8) is 0 Å². The van der Waals surface area contributed by atoms with Gasteiger partial charge in [-0.15, -0.1) is 0 Å². The Kier molecular flexibility index (Phi) is 10.1. The summed E-state index contributed by atoms with van der Waals surface area (Å²) in [4.78, 5) is 25.4. The Morgan fingerprint density at radius 1 is 1.24 bits per heavy atom. The maximum atomic E-state index is 14.3. The molecule has 5 nitrogen and oxygen atoms in total. The molecule has 0 radical (unpaired) electrons. The largest absolute Gasteiger partial charge is 0.484 e. The van der Waals surface area contributed by atoms with Crippen LogP contribution in [0.25, 0.3) is 0 Å². The standard InChI is InChI=1S/C22H21F3N2O3.C2H6.H2S/c1-14-8-18(30-13-21(29)26(2)3)10-20(28)27(14)12-15-4-5-16(19(23)9-15)6-7-17-11-22(17,24)25;1-2;/h4-5,8-10,17H,11-13H2,1-3H3;1-2H3;1H2. The van der Waals surface area contributed by atoms with Crippen LogP contribution in [0.2, 0.25) is 0 Å². The first kappa shape index (κ1) is 28.2. The van der Waals surface area contributed by atoms with E-state index in [4.69, 9.17) is 4.74 Å². The molecule has 33 heavy (non-hydrogen) atoms. The number of ether oxygens (including phenoxy) is 1. The van der Waals surface area contributed by atoms with Gasteiger partial charge in [0.05, 0.1) is 18.0 Å². The molecule has 1 atom stereocenters. The molecule has 180 valence electrons. The summed E-state index contributed by atoms with van der Waals surface area (Å²) in [6.07, 6.45) is -0.287. The highest BCUT2D eigenvalue weighted by Gasteiger charge is 2.56. The van der Waals surface area contributed by atoms with Crippen molar-refractivity contribution in [3.05, 3.63) is 63.3 Å². The molecule has 0 saturated heterocycles. The van der Waals surface area contributed by atoms with Gasteiger partial charge in [0, 0.05) is 32.3 Å². The lowest BCUT2D eigenvalue weighted by Crippen LogP contribution is -2.28. The molecule has 1 aliphatic rings. The minimum atomic E-state index is -2.77. The molecule has 1 aliphatic carbocycles. The van der Waals surface area contributed by atoms with Crippen molar-refractivity contribution in [2.75, 3.05) is 20.7 Å². The van der Waals surface area contributed by atoms with Gasteiger partial charge in [-0.3, -0.25) is 9.59 Å². The monoisotopic (exact) mass is 482 g/mol. The predicted octanol–water partition coefficient (Wildman–Crippen LogP) is 3.96. The van der Waals surface area contributed by atoms with Crippen molar-refractivity contribution in [3.8, 4) is 17.6 Å². The van der Waals surface area contributed by atoms with Gasteiger partial charge in [-0.2, -0.15) is 13.5 Å². The first-order chi connectivity index (χ1) is 15.1. The van der Waals surface area contributed by atoms with Crippen LogP contribution in [0.3, 0.4) is 0 Å². The van der Waals surface area contributed by atoms with Crippen molar-refractivity contribution in [1.82, 2.24) is 9.47 Å². The highest BCUT2D eigenvalue weighted by atomic mass is 32.1. The van der Waals surface area contributed by atoms with Crippen LogP contribution in [0.4, 0.5) is 13.2 Å². The Bertz CT molecular complexity index is 1100. The number of likely N-dealkylation sites (N-methyl/N-ethyl adjacent to an activating group) is 1. The van der Waals surface area contributed by atoms with Crippen LogP contribution >= 0.6 is 13.5 Å². The van der Waals surface area contributed by atoms with Gasteiger partial charge in [0.15, 0.2) is 6.61 Å². The second-order valence-corrected chi connectivity index (χ2v) is 7.43. The summed E-state index contributed by atoms with van der Waals surface area (Å²) in [7, 11) is 3.21. The smallest absolute Gasteiger partial charge is 0.263 e. The van der Waals surface area contributed by atoms with E-state index in [-0.39, 0.29) is 55.8 Å². The van der Waals surface area contributed by atoms with Crippen molar-refractivity contribution in [2.45, 2.75) is 39.7 Å². The molecule has 1 aromatic heterocycles. The van der Waals surface area contributed by atoms with Gasteiger partial charge >= 0.3 is 0 Å². The fourth-order valence-corrected chi connectivity index (χ4v) is 2.73. The fraction of sp³-hybridized carbons (Fsp3) is 0.417. The fourth-order valence-electron chi connectivity index (χ4n) is 2.73. The Morgan fingerprint density at radius 3 is 2.39 bits per heavy atom. The van der Waals surface area contributed by atoms with Gasteiger partial charge in [0.1, 0.15) is 11.6 Å². The van der Waals surface area contributed by atoms with Gasteiger partial charge in [-0.25, -0.2) is 13.2 Å². The molecule has 2 aromatic rings. The Balaban J connectivity index is 0.00000177. The minimum Gasteiger partial charge on any atom is -0.484 e. The Labute approximate surface area is 199 Å². The van der Waals surface area contributed by atoms with Gasteiger partial charge in [0.25, 0.3) is 17.4 Å². The Hall–Kier alpha value is -2.86. The normalized spacial score (nSPS) is 15.1. The van der Waals surface area contributed by atoms with Crippen LogP contribution in [-0.2, 0) is 11.3 Å². The average Bonchev–Trinajstić information content (AvgIpc) is 3.36. The summed E-state index contributed by atoms with van der Waals surface area (Å²) in [5.74, 6) is 0.488. The van der Waals surface area contributed by atoms with E-state index < -0.39 is 17.7 Å². The molecule has 3 rings (SSSR count). The SMILES string of the molecule is CC.Cc1cc(OCC(=O)N(C)C)cc(=O)n1Cc1ccc(C#CC2CC2(F)F)c(F)c1.S.